The Bertz CT molecular complexity index is 7480. The van der Waals surface area contributed by atoms with E-state index in [0.29, 0.717) is 0 Å². The highest BCUT2D eigenvalue weighted by Crippen LogP contribution is 2.54. The molecule has 0 spiro atoms. The topological polar surface area (TPSA) is 27.7 Å². The highest BCUT2D eigenvalue weighted by molar-refractivity contribution is 6.14. The van der Waals surface area contributed by atoms with E-state index in [1.54, 1.807) is 0 Å². The van der Waals surface area contributed by atoms with Gasteiger partial charge in [-0.05, 0) is 261 Å². The number of hydrogen-bond acceptors (Lipinski definition) is 1. The predicted molar refractivity (Wildman–Crippen MR) is 470 cm³/mol. The molecule has 0 saturated heterocycles. The maximum absolute atomic E-state index is 5.31. The summed E-state index contributed by atoms with van der Waals surface area (Å²) in [5.41, 5.74) is 41.2. The van der Waals surface area contributed by atoms with E-state index < -0.39 is 0 Å². The first kappa shape index (κ1) is 64.3. The van der Waals surface area contributed by atoms with Crippen LogP contribution < -0.4 is 0 Å². The van der Waals surface area contributed by atoms with Crippen LogP contribution in [0, 0.1) is 0 Å². The number of pyridine rings is 1. The van der Waals surface area contributed by atoms with Crippen molar-refractivity contribution in [2.45, 2.75) is 57.8 Å². The van der Waals surface area contributed by atoms with E-state index in [1.807, 2.05) is 6.20 Å². The molecule has 0 radical (unpaired) electrons. The van der Waals surface area contributed by atoms with Gasteiger partial charge in [0.25, 0.3) is 0 Å². The Hall–Kier alpha value is -13.7. The van der Waals surface area contributed by atoms with E-state index in [0.717, 1.165) is 83.4 Å². The molecule has 4 nitrogen and oxygen atoms in total. The maximum Gasteiger partial charge on any atom is 0.0714 e. The highest BCUT2D eigenvalue weighted by Gasteiger charge is 2.38. The Balaban J connectivity index is 0.672. The van der Waals surface area contributed by atoms with Crippen LogP contribution in [0.5, 0.6) is 0 Å². The second-order valence-electron chi connectivity index (χ2n) is 33.0. The summed E-state index contributed by atoms with van der Waals surface area (Å²) in [6.07, 6.45) is 2.00. The minimum absolute atomic E-state index is 0.0527. The summed E-state index contributed by atoms with van der Waals surface area (Å²) in [5.74, 6) is 0. The van der Waals surface area contributed by atoms with E-state index in [-0.39, 0.29) is 16.2 Å². The molecule has 112 heavy (non-hydrogen) atoms. The Morgan fingerprint density at radius 3 is 0.875 bits per heavy atom. The Labute approximate surface area is 651 Å². The van der Waals surface area contributed by atoms with Gasteiger partial charge in [-0.25, -0.2) is 0 Å². The zero-order valence-electron chi connectivity index (χ0n) is 63.3. The van der Waals surface area contributed by atoms with Gasteiger partial charge >= 0.3 is 0 Å². The van der Waals surface area contributed by atoms with Gasteiger partial charge in [-0.3, -0.25) is 4.98 Å². The van der Waals surface area contributed by atoms with Crippen molar-refractivity contribution < 1.29 is 0 Å². The van der Waals surface area contributed by atoms with Crippen molar-refractivity contribution in [2.24, 2.45) is 0 Å². The summed E-state index contributed by atoms with van der Waals surface area (Å²) in [6.45, 7) is 14.1. The summed E-state index contributed by atoms with van der Waals surface area (Å²) < 4.78 is 7.39. The van der Waals surface area contributed by atoms with Gasteiger partial charge in [0.1, 0.15) is 0 Å². The standard InChI is InChI=1S/C108H76N4/c1-106(2)93-34-13-7-28-78(93)86-57-65(40-46-96(86)106)68-43-49-103-90(60-68)81-31-10-16-37-100(81)110(103)74-25-19-22-71(54-74)77-52-53-109-99-64-85(73-24-21-27-76(56-73)112-102-39-18-12-33-83(102)92-62-70(45-51-105(92)112)67-42-48-98-88(59-67)80-30-9-15-36-95(80)108(98,5)6)84(63-89(77)99)72-23-20-26-75(55-72)111-101-38-17-11-32-82(101)91-61-69(44-50-104(91)111)66-41-47-97-87(58-66)79-29-8-14-35-94(79)107(97,3)4/h7-64H,1-6H3. The van der Waals surface area contributed by atoms with E-state index >= 15 is 0 Å². The van der Waals surface area contributed by atoms with Gasteiger partial charge in [0, 0.05) is 77.2 Å². The number of fused-ring (bicyclic) bond motifs is 19. The number of hydrogen-bond donors (Lipinski definition) is 0. The number of aromatic nitrogens is 4. The maximum atomic E-state index is 5.31. The molecule has 0 amide bonds. The van der Waals surface area contributed by atoms with E-state index in [4.69, 9.17) is 4.98 Å². The molecule has 0 aliphatic heterocycles. The first-order valence-electron chi connectivity index (χ1n) is 39.4. The highest BCUT2D eigenvalue weighted by atomic mass is 15.0. The number of benzene rings is 16. The van der Waals surface area contributed by atoms with Crippen molar-refractivity contribution in [3.63, 3.8) is 0 Å². The van der Waals surface area contributed by atoms with Crippen molar-refractivity contribution in [1.82, 2.24) is 18.7 Å². The van der Waals surface area contributed by atoms with Crippen LogP contribution in [0.2, 0.25) is 0 Å². The average molecular weight is 1430 g/mol. The van der Waals surface area contributed by atoms with Crippen LogP contribution in [0.3, 0.4) is 0 Å². The van der Waals surface area contributed by atoms with Gasteiger partial charge in [0.2, 0.25) is 0 Å². The average Bonchev–Trinajstić information content (AvgIpc) is 1.53. The van der Waals surface area contributed by atoms with Crippen LogP contribution in [0.1, 0.15) is 74.9 Å². The third kappa shape index (κ3) is 9.33. The van der Waals surface area contributed by atoms with E-state index in [9.17, 15) is 0 Å². The quantitative estimate of drug-likeness (QED) is 0.142. The van der Waals surface area contributed by atoms with Crippen LogP contribution in [0.15, 0.2) is 352 Å². The van der Waals surface area contributed by atoms with Gasteiger partial charge in [-0.15, -0.1) is 0 Å². The van der Waals surface area contributed by atoms with Crippen molar-refractivity contribution in [2.75, 3.05) is 0 Å². The minimum Gasteiger partial charge on any atom is -0.309 e. The Kier molecular flexibility index (Phi) is 13.6. The fourth-order valence-corrected chi connectivity index (χ4v) is 20.4. The van der Waals surface area contributed by atoms with Crippen LogP contribution >= 0.6 is 0 Å². The van der Waals surface area contributed by atoms with Crippen molar-refractivity contribution in [1.29, 1.82) is 0 Å². The lowest BCUT2D eigenvalue weighted by Gasteiger charge is -2.21. The van der Waals surface area contributed by atoms with E-state index in [2.05, 4.69) is 401 Å². The molecule has 4 aromatic heterocycles. The monoisotopic (exact) mass is 1430 g/mol. The van der Waals surface area contributed by atoms with Crippen LogP contribution in [0.25, 0.3) is 194 Å². The summed E-state index contributed by atoms with van der Waals surface area (Å²) in [7, 11) is 0. The molecular weight excluding hydrogens is 1350 g/mol. The molecule has 528 valence electrons. The largest absolute Gasteiger partial charge is 0.309 e. The molecule has 0 saturated carbocycles. The van der Waals surface area contributed by atoms with Crippen molar-refractivity contribution in [3.8, 4) is 117 Å². The van der Waals surface area contributed by atoms with Gasteiger partial charge in [0.05, 0.1) is 38.6 Å². The number of nitrogens with zero attached hydrogens (tertiary/aromatic N) is 4. The molecule has 3 aliphatic carbocycles. The van der Waals surface area contributed by atoms with Gasteiger partial charge in [-0.1, -0.05) is 260 Å². The fourth-order valence-electron chi connectivity index (χ4n) is 20.4. The molecule has 4 heteroatoms. The second-order valence-corrected chi connectivity index (χ2v) is 33.0. The Morgan fingerprint density at radius 1 is 0.188 bits per heavy atom. The lowest BCUT2D eigenvalue weighted by Crippen LogP contribution is -2.14. The SMILES string of the molecule is CC1(C)c2ccccc2-c2cc(-c3ccc4c(c3)c3ccccc3n4-c3cccc(-c4cc5nccc(-c6cccc(-n7c8ccccc8c8cc(-c9ccc%10c(c9)-c9ccccc9C%10(C)C)ccc87)c6)c5cc4-c4cccc(-n5c6ccccc6c6cc(-c7ccc8c(c7)-c7ccccc7C8(C)C)ccc65)c4)c3)ccc21. The zero-order valence-corrected chi connectivity index (χ0v) is 63.3. The lowest BCUT2D eigenvalue weighted by atomic mass is 9.82. The zero-order chi connectivity index (χ0) is 74.6. The summed E-state index contributed by atoms with van der Waals surface area (Å²) >= 11 is 0. The third-order valence-electron chi connectivity index (χ3n) is 25.9. The van der Waals surface area contributed by atoms with Crippen molar-refractivity contribution >= 4 is 76.3 Å². The van der Waals surface area contributed by atoms with Crippen molar-refractivity contribution in [3.05, 3.63) is 385 Å². The molecule has 0 bridgehead atoms. The molecule has 16 aromatic carbocycles. The number of para-hydroxylation sites is 3. The predicted octanol–water partition coefficient (Wildman–Crippen LogP) is 28.4. The van der Waals surface area contributed by atoms with Gasteiger partial charge < -0.3 is 13.7 Å². The second kappa shape index (κ2) is 23.7. The smallest absolute Gasteiger partial charge is 0.0714 e. The first-order valence-corrected chi connectivity index (χ1v) is 39.4. The molecule has 4 heterocycles. The molecule has 23 rings (SSSR count). The number of rotatable bonds is 9. The molecular formula is C108H76N4. The fraction of sp³-hybridized carbons (Fsp3) is 0.0833. The van der Waals surface area contributed by atoms with Crippen LogP contribution in [-0.2, 0) is 16.2 Å². The summed E-state index contributed by atoms with van der Waals surface area (Å²) in [4.78, 5) is 5.31. The molecule has 20 aromatic rings. The molecule has 0 fully saturated rings. The van der Waals surface area contributed by atoms with Gasteiger partial charge in [0.15, 0.2) is 0 Å². The minimum atomic E-state index is -0.0609. The first-order chi connectivity index (χ1) is 54.8. The summed E-state index contributed by atoms with van der Waals surface area (Å²) in [5, 5.41) is 8.40. The molecule has 0 N–H and O–H groups in total. The molecule has 3 aliphatic rings. The van der Waals surface area contributed by atoms with E-state index in [1.165, 1.54) is 143 Å². The molecule has 0 atom stereocenters. The molecule has 0 unspecified atom stereocenters. The third-order valence-corrected chi connectivity index (χ3v) is 25.9. The van der Waals surface area contributed by atoms with Crippen LogP contribution in [0.4, 0.5) is 0 Å². The lowest BCUT2D eigenvalue weighted by molar-refractivity contribution is 0.660. The van der Waals surface area contributed by atoms with Crippen LogP contribution in [-0.4, -0.2) is 18.7 Å². The van der Waals surface area contributed by atoms with Gasteiger partial charge in [-0.2, -0.15) is 0 Å². The normalized spacial score (nSPS) is 14.0. The summed E-state index contributed by atoms with van der Waals surface area (Å²) in [6, 6.07) is 131. The Morgan fingerprint density at radius 2 is 0.491 bits per heavy atom.